The lowest BCUT2D eigenvalue weighted by molar-refractivity contribution is -0.119. The van der Waals surface area contributed by atoms with Gasteiger partial charge in [-0.05, 0) is 18.4 Å². The molecule has 0 spiro atoms. The molecule has 0 saturated carbocycles. The molecule has 1 atom stereocenters. The fourth-order valence-corrected chi connectivity index (χ4v) is 1.98. The second kappa shape index (κ2) is 3.85. The van der Waals surface area contributed by atoms with E-state index in [1.807, 2.05) is 24.3 Å². The fourth-order valence-electron chi connectivity index (χ4n) is 1.98. The van der Waals surface area contributed by atoms with Crippen molar-refractivity contribution in [3.05, 3.63) is 35.4 Å². The van der Waals surface area contributed by atoms with Gasteiger partial charge >= 0.3 is 0 Å². The molecule has 1 aromatic carbocycles. The molecule has 15 heavy (non-hydrogen) atoms. The minimum atomic E-state index is -0.336. The molecule has 0 fully saturated rings. The molecule has 78 valence electrons. The van der Waals surface area contributed by atoms with Crippen LogP contribution >= 0.6 is 0 Å². The van der Waals surface area contributed by atoms with Gasteiger partial charge in [0, 0.05) is 12.5 Å². The second-order valence-electron chi connectivity index (χ2n) is 3.81. The van der Waals surface area contributed by atoms with Crippen LogP contribution in [0.2, 0.25) is 0 Å². The third-order valence-corrected chi connectivity index (χ3v) is 2.68. The number of amides is 1. The van der Waals surface area contributed by atoms with E-state index in [0.717, 1.165) is 17.5 Å². The Morgan fingerprint density at radius 3 is 2.87 bits per heavy atom. The zero-order chi connectivity index (χ0) is 10.8. The molecule has 1 N–H and O–H groups in total. The Kier molecular flexibility index (Phi) is 2.54. The van der Waals surface area contributed by atoms with E-state index in [1.165, 1.54) is 6.92 Å². The largest absolute Gasteiger partial charge is 0.346 e. The summed E-state index contributed by atoms with van der Waals surface area (Å²) in [5.41, 5.74) is 1.84. The van der Waals surface area contributed by atoms with Crippen molar-refractivity contribution in [1.82, 2.24) is 5.32 Å². The topological polar surface area (TPSA) is 46.2 Å². The maximum absolute atomic E-state index is 11.9. The second-order valence-corrected chi connectivity index (χ2v) is 3.81. The number of nitrogens with one attached hydrogen (secondary N) is 1. The van der Waals surface area contributed by atoms with Crippen LogP contribution in [0.5, 0.6) is 0 Å². The highest BCUT2D eigenvalue weighted by atomic mass is 16.2. The minimum absolute atomic E-state index is 0.0343. The van der Waals surface area contributed by atoms with E-state index in [-0.39, 0.29) is 17.7 Å². The van der Waals surface area contributed by atoms with Crippen LogP contribution in [-0.4, -0.2) is 17.7 Å². The van der Waals surface area contributed by atoms with Crippen molar-refractivity contribution in [2.24, 2.45) is 0 Å². The number of ketones is 1. The smallest absolute Gasteiger partial charge is 0.217 e. The van der Waals surface area contributed by atoms with E-state index < -0.39 is 0 Å². The maximum Gasteiger partial charge on any atom is 0.217 e. The zero-order valence-electron chi connectivity index (χ0n) is 8.62. The fraction of sp³-hybridized carbons (Fsp3) is 0.333. The highest BCUT2D eigenvalue weighted by Gasteiger charge is 2.27. The average molecular weight is 203 g/mol. The number of benzene rings is 1. The van der Waals surface area contributed by atoms with Gasteiger partial charge in [0.25, 0.3) is 0 Å². The van der Waals surface area contributed by atoms with Gasteiger partial charge in [-0.2, -0.15) is 0 Å². The van der Waals surface area contributed by atoms with Gasteiger partial charge in [-0.1, -0.05) is 24.3 Å². The molecule has 1 aliphatic carbocycles. The lowest BCUT2D eigenvalue weighted by Gasteiger charge is -2.23. The summed E-state index contributed by atoms with van der Waals surface area (Å²) in [5, 5.41) is 2.68. The van der Waals surface area contributed by atoms with Crippen LogP contribution < -0.4 is 5.32 Å². The first kappa shape index (κ1) is 9.90. The van der Waals surface area contributed by atoms with Crippen molar-refractivity contribution in [2.75, 3.05) is 0 Å². The van der Waals surface area contributed by atoms with Crippen LogP contribution in [0.1, 0.15) is 29.3 Å². The van der Waals surface area contributed by atoms with Gasteiger partial charge in [-0.25, -0.2) is 0 Å². The van der Waals surface area contributed by atoms with Crippen molar-refractivity contribution in [3.8, 4) is 0 Å². The summed E-state index contributed by atoms with van der Waals surface area (Å²) in [4.78, 5) is 22.8. The highest BCUT2D eigenvalue weighted by molar-refractivity contribution is 6.03. The molecule has 1 aliphatic rings. The minimum Gasteiger partial charge on any atom is -0.346 e. The zero-order valence-corrected chi connectivity index (χ0v) is 8.62. The number of Topliss-reactive ketones (excluding diaryl/α,β-unsaturated/α-hetero) is 1. The third-order valence-electron chi connectivity index (χ3n) is 2.68. The van der Waals surface area contributed by atoms with Crippen LogP contribution in [0.4, 0.5) is 0 Å². The molecule has 0 radical (unpaired) electrons. The summed E-state index contributed by atoms with van der Waals surface area (Å²) < 4.78 is 0. The summed E-state index contributed by atoms with van der Waals surface area (Å²) >= 11 is 0. The Labute approximate surface area is 88.5 Å². The number of hydrogen-bond donors (Lipinski definition) is 1. The number of fused-ring (bicyclic) bond motifs is 1. The highest BCUT2D eigenvalue weighted by Crippen LogP contribution is 2.20. The van der Waals surface area contributed by atoms with Gasteiger partial charge in [0.05, 0.1) is 6.04 Å². The molecule has 3 heteroatoms. The van der Waals surface area contributed by atoms with Crippen molar-refractivity contribution in [3.63, 3.8) is 0 Å². The molecular weight excluding hydrogens is 190 g/mol. The monoisotopic (exact) mass is 203 g/mol. The molecule has 0 bridgehead atoms. The number of aryl methyl sites for hydroxylation is 1. The van der Waals surface area contributed by atoms with Gasteiger partial charge in [-0.15, -0.1) is 0 Å². The van der Waals surface area contributed by atoms with Crippen molar-refractivity contribution in [2.45, 2.75) is 25.8 Å². The van der Waals surface area contributed by atoms with Gasteiger partial charge in [-0.3, -0.25) is 9.59 Å². The van der Waals surface area contributed by atoms with Gasteiger partial charge < -0.3 is 5.32 Å². The molecule has 2 rings (SSSR count). The molecule has 3 nitrogen and oxygen atoms in total. The molecule has 0 aromatic heterocycles. The van der Waals surface area contributed by atoms with Crippen molar-refractivity contribution < 1.29 is 9.59 Å². The SMILES string of the molecule is CC(=O)NC1CCc2ccccc2C1=O. The Balaban J connectivity index is 2.26. The number of hydrogen-bond acceptors (Lipinski definition) is 2. The third kappa shape index (κ3) is 1.91. The molecule has 1 amide bonds. The van der Waals surface area contributed by atoms with Crippen LogP contribution in [0.15, 0.2) is 24.3 Å². The first-order valence-corrected chi connectivity index (χ1v) is 5.07. The predicted molar refractivity (Wildman–Crippen MR) is 56.7 cm³/mol. The summed E-state index contributed by atoms with van der Waals surface area (Å²) in [6, 6.07) is 7.25. The van der Waals surface area contributed by atoms with E-state index in [1.54, 1.807) is 0 Å². The quantitative estimate of drug-likeness (QED) is 0.748. The number of rotatable bonds is 1. The molecule has 0 heterocycles. The van der Waals surface area contributed by atoms with Gasteiger partial charge in [0.15, 0.2) is 5.78 Å². The molecule has 1 unspecified atom stereocenters. The number of carbonyl (C=O) groups is 2. The first-order chi connectivity index (χ1) is 7.18. The Morgan fingerprint density at radius 2 is 2.13 bits per heavy atom. The van der Waals surface area contributed by atoms with Crippen LogP contribution in [0, 0.1) is 0 Å². The number of carbonyl (C=O) groups excluding carboxylic acids is 2. The normalized spacial score (nSPS) is 19.5. The lowest BCUT2D eigenvalue weighted by Crippen LogP contribution is -2.42. The van der Waals surface area contributed by atoms with Gasteiger partial charge in [0.2, 0.25) is 5.91 Å². The van der Waals surface area contributed by atoms with Crippen LogP contribution in [0.25, 0.3) is 0 Å². The predicted octanol–water partition coefficient (Wildman–Crippen LogP) is 1.32. The van der Waals surface area contributed by atoms with E-state index in [0.29, 0.717) is 6.42 Å². The maximum atomic E-state index is 11.9. The lowest BCUT2D eigenvalue weighted by atomic mass is 9.87. The summed E-state index contributed by atoms with van der Waals surface area (Å²) in [6.45, 7) is 1.44. The summed E-state index contributed by atoms with van der Waals surface area (Å²) in [5.74, 6) is -0.111. The molecular formula is C12H13NO2. The Morgan fingerprint density at radius 1 is 1.40 bits per heavy atom. The van der Waals surface area contributed by atoms with E-state index in [2.05, 4.69) is 5.32 Å². The van der Waals surface area contributed by atoms with Gasteiger partial charge in [0.1, 0.15) is 0 Å². The van der Waals surface area contributed by atoms with E-state index in [4.69, 9.17) is 0 Å². The molecule has 1 aromatic rings. The molecule has 0 saturated heterocycles. The Bertz CT molecular complexity index is 412. The molecule has 0 aliphatic heterocycles. The standard InChI is InChI=1S/C12H13NO2/c1-8(14)13-11-7-6-9-4-2-3-5-10(9)12(11)15/h2-5,11H,6-7H2,1H3,(H,13,14). The Hall–Kier alpha value is -1.64. The van der Waals surface area contributed by atoms with Crippen molar-refractivity contribution >= 4 is 11.7 Å². The van der Waals surface area contributed by atoms with Crippen molar-refractivity contribution in [1.29, 1.82) is 0 Å². The summed E-state index contributed by atoms with van der Waals surface area (Å²) in [6.07, 6.45) is 1.56. The van der Waals surface area contributed by atoms with E-state index in [9.17, 15) is 9.59 Å². The average Bonchev–Trinajstić information content (AvgIpc) is 2.22. The van der Waals surface area contributed by atoms with Crippen LogP contribution in [-0.2, 0) is 11.2 Å². The van der Waals surface area contributed by atoms with E-state index >= 15 is 0 Å². The van der Waals surface area contributed by atoms with Crippen LogP contribution in [0.3, 0.4) is 0 Å². The summed E-state index contributed by atoms with van der Waals surface area (Å²) in [7, 11) is 0. The first-order valence-electron chi connectivity index (χ1n) is 5.07.